The maximum Gasteiger partial charge on any atom is 0.306 e. The van der Waals surface area contributed by atoms with Gasteiger partial charge in [-0.15, -0.1) is 0 Å². The van der Waals surface area contributed by atoms with E-state index < -0.39 is 15.8 Å². The topological polar surface area (TPSA) is 115 Å². The first-order valence-corrected chi connectivity index (χ1v) is 12.4. The maximum atomic E-state index is 14.0. The molecular formula is C22H23FN6O4S. The highest BCUT2D eigenvalue weighted by Crippen LogP contribution is 2.34. The summed E-state index contributed by atoms with van der Waals surface area (Å²) < 4.78 is 52.2. The van der Waals surface area contributed by atoms with Crippen molar-refractivity contribution in [3.8, 4) is 28.4 Å². The van der Waals surface area contributed by atoms with Crippen LogP contribution < -0.4 is 10.1 Å². The Bertz CT molecular complexity index is 1430. The Balaban J connectivity index is 1.44. The van der Waals surface area contributed by atoms with Gasteiger partial charge < -0.3 is 14.5 Å². The van der Waals surface area contributed by atoms with Crippen molar-refractivity contribution in [1.29, 1.82) is 0 Å². The van der Waals surface area contributed by atoms with Crippen LogP contribution in [0.1, 0.15) is 12.8 Å². The maximum absolute atomic E-state index is 14.0. The summed E-state index contributed by atoms with van der Waals surface area (Å²) in [5, 5.41) is 3.11. The molecule has 0 spiro atoms. The molecule has 1 aromatic carbocycles. The van der Waals surface area contributed by atoms with Gasteiger partial charge in [-0.3, -0.25) is 4.40 Å². The standard InChI is InChI=1S/C22H23FN6O4S/c1-32-18-14-15(4-5-16(18)23)19-20(29-11-12-33-22(29)27-19)17-6-7-24-21(26-17)25-8-10-28-9-2-3-13-34(28,30)31/h4-7,11-12,14H,2-3,8-10,13H2,1H3,(H,24,25,26). The average Bonchev–Trinajstić information content (AvgIpc) is 3.42. The highest BCUT2D eigenvalue weighted by atomic mass is 32.2. The second-order valence-electron chi connectivity index (χ2n) is 7.83. The minimum Gasteiger partial charge on any atom is -0.494 e. The van der Waals surface area contributed by atoms with Crippen LogP contribution in [-0.2, 0) is 10.0 Å². The van der Waals surface area contributed by atoms with Crippen LogP contribution in [0.3, 0.4) is 0 Å². The third-order valence-corrected chi connectivity index (χ3v) is 7.64. The number of nitrogens with one attached hydrogen (secondary N) is 1. The number of imidazole rings is 1. The molecule has 0 amide bonds. The number of aromatic nitrogens is 4. The van der Waals surface area contributed by atoms with Crippen molar-refractivity contribution < 1.29 is 22.0 Å². The van der Waals surface area contributed by atoms with E-state index >= 15 is 0 Å². The molecule has 34 heavy (non-hydrogen) atoms. The molecule has 1 aliphatic rings. The van der Waals surface area contributed by atoms with Gasteiger partial charge in [-0.2, -0.15) is 4.98 Å². The van der Waals surface area contributed by atoms with Gasteiger partial charge in [0.05, 0.1) is 18.6 Å². The van der Waals surface area contributed by atoms with Crippen LogP contribution in [-0.4, -0.2) is 64.6 Å². The van der Waals surface area contributed by atoms with Crippen molar-refractivity contribution in [1.82, 2.24) is 23.7 Å². The van der Waals surface area contributed by atoms with Crippen LogP contribution in [0.2, 0.25) is 0 Å². The Morgan fingerprint density at radius 1 is 1.24 bits per heavy atom. The summed E-state index contributed by atoms with van der Waals surface area (Å²) in [5.41, 5.74) is 2.38. The number of nitrogens with zero attached hydrogens (tertiary/aromatic N) is 5. The molecule has 0 atom stereocenters. The zero-order chi connectivity index (χ0) is 23.7. The zero-order valence-electron chi connectivity index (χ0n) is 18.4. The fraction of sp³-hybridized carbons (Fsp3) is 0.318. The summed E-state index contributed by atoms with van der Waals surface area (Å²) in [5.74, 6) is 0.535. The summed E-state index contributed by atoms with van der Waals surface area (Å²) in [6, 6.07) is 6.24. The molecule has 1 N–H and O–H groups in total. The monoisotopic (exact) mass is 486 g/mol. The zero-order valence-corrected chi connectivity index (χ0v) is 19.3. The molecule has 1 aliphatic heterocycles. The van der Waals surface area contributed by atoms with Crippen LogP contribution in [0.15, 0.2) is 47.3 Å². The van der Waals surface area contributed by atoms with Gasteiger partial charge >= 0.3 is 5.84 Å². The molecule has 1 fully saturated rings. The Morgan fingerprint density at radius 3 is 2.94 bits per heavy atom. The molecule has 1 saturated heterocycles. The van der Waals surface area contributed by atoms with Crippen molar-refractivity contribution in [2.24, 2.45) is 0 Å². The van der Waals surface area contributed by atoms with Crippen LogP contribution in [0, 0.1) is 5.82 Å². The van der Waals surface area contributed by atoms with Gasteiger partial charge in [0.1, 0.15) is 17.7 Å². The molecular weight excluding hydrogens is 463 g/mol. The second-order valence-corrected chi connectivity index (χ2v) is 9.92. The van der Waals surface area contributed by atoms with Crippen LogP contribution in [0.25, 0.3) is 28.5 Å². The lowest BCUT2D eigenvalue weighted by Crippen LogP contribution is -2.40. The molecule has 0 radical (unpaired) electrons. The van der Waals surface area contributed by atoms with Gasteiger partial charge in [-0.05, 0) is 37.1 Å². The predicted octanol–water partition coefficient (Wildman–Crippen LogP) is 3.04. The number of hydrogen-bond acceptors (Lipinski definition) is 8. The molecule has 0 bridgehead atoms. The fourth-order valence-corrected chi connectivity index (χ4v) is 5.60. The average molecular weight is 487 g/mol. The van der Waals surface area contributed by atoms with Crippen molar-refractivity contribution in [3.05, 3.63) is 48.7 Å². The SMILES string of the molecule is COc1cc(-c2nc3occn3c2-c2ccnc(NCCN3CCCCS3(=O)=O)n2)ccc1F. The van der Waals surface area contributed by atoms with E-state index in [1.54, 1.807) is 35.0 Å². The molecule has 12 heteroatoms. The predicted molar refractivity (Wildman–Crippen MR) is 124 cm³/mol. The van der Waals surface area contributed by atoms with E-state index in [1.165, 1.54) is 23.7 Å². The Hall–Kier alpha value is -3.51. The molecule has 4 aromatic rings. The number of hydrogen-bond donors (Lipinski definition) is 1. The first-order valence-electron chi connectivity index (χ1n) is 10.8. The lowest BCUT2D eigenvalue weighted by Gasteiger charge is -2.26. The highest BCUT2D eigenvalue weighted by molar-refractivity contribution is 7.89. The van der Waals surface area contributed by atoms with Crippen molar-refractivity contribution in [3.63, 3.8) is 0 Å². The van der Waals surface area contributed by atoms with Crippen LogP contribution in [0.4, 0.5) is 10.3 Å². The largest absolute Gasteiger partial charge is 0.494 e. The van der Waals surface area contributed by atoms with Gasteiger partial charge in [-0.1, -0.05) is 0 Å². The number of fused-ring (bicyclic) bond motifs is 1. The number of methoxy groups -OCH3 is 1. The lowest BCUT2D eigenvalue weighted by molar-refractivity contribution is 0.387. The quantitative estimate of drug-likeness (QED) is 0.424. The Labute approximate surface area is 195 Å². The van der Waals surface area contributed by atoms with Gasteiger partial charge in [0.25, 0.3) is 0 Å². The minimum atomic E-state index is -3.19. The summed E-state index contributed by atoms with van der Waals surface area (Å²) in [6.07, 6.45) is 6.41. The number of anilines is 1. The molecule has 3 aromatic heterocycles. The fourth-order valence-electron chi connectivity index (χ4n) is 4.00. The third-order valence-electron chi connectivity index (χ3n) is 5.68. The molecule has 5 rings (SSSR count). The molecule has 10 nitrogen and oxygen atoms in total. The summed E-state index contributed by atoms with van der Waals surface area (Å²) in [6.45, 7) is 1.25. The summed E-state index contributed by atoms with van der Waals surface area (Å²) in [4.78, 5) is 13.4. The van der Waals surface area contributed by atoms with Gasteiger partial charge in [0.15, 0.2) is 11.6 Å². The van der Waals surface area contributed by atoms with Crippen molar-refractivity contribution in [2.75, 3.05) is 37.8 Å². The number of ether oxygens (including phenoxy) is 1. The van der Waals surface area contributed by atoms with E-state index in [0.717, 1.165) is 6.42 Å². The van der Waals surface area contributed by atoms with E-state index in [9.17, 15) is 12.8 Å². The Morgan fingerprint density at radius 2 is 2.12 bits per heavy atom. The molecule has 0 unspecified atom stereocenters. The first-order chi connectivity index (χ1) is 16.5. The van der Waals surface area contributed by atoms with E-state index in [2.05, 4.69) is 20.3 Å². The second kappa shape index (κ2) is 9.03. The van der Waals surface area contributed by atoms with Crippen LogP contribution >= 0.6 is 0 Å². The van der Waals surface area contributed by atoms with E-state index in [4.69, 9.17) is 9.15 Å². The first kappa shape index (κ1) is 22.3. The summed E-state index contributed by atoms with van der Waals surface area (Å²) in [7, 11) is -1.79. The number of benzene rings is 1. The number of rotatable bonds is 7. The normalized spacial score (nSPS) is 16.1. The van der Waals surface area contributed by atoms with Gasteiger partial charge in [0.2, 0.25) is 16.0 Å². The van der Waals surface area contributed by atoms with Crippen molar-refractivity contribution in [2.45, 2.75) is 12.8 Å². The lowest BCUT2D eigenvalue weighted by atomic mass is 10.1. The number of halogens is 1. The highest BCUT2D eigenvalue weighted by Gasteiger charge is 2.25. The third kappa shape index (κ3) is 4.21. The molecule has 178 valence electrons. The van der Waals surface area contributed by atoms with Crippen molar-refractivity contribution >= 4 is 21.8 Å². The minimum absolute atomic E-state index is 0.103. The van der Waals surface area contributed by atoms with Gasteiger partial charge in [0, 0.05) is 37.6 Å². The van der Waals surface area contributed by atoms with Crippen LogP contribution in [0.5, 0.6) is 5.75 Å². The Kier molecular flexibility index (Phi) is 5.92. The number of oxazole rings is 1. The number of sulfonamides is 1. The molecule has 4 heterocycles. The van der Waals surface area contributed by atoms with Gasteiger partial charge in [-0.25, -0.2) is 27.1 Å². The summed E-state index contributed by atoms with van der Waals surface area (Å²) >= 11 is 0. The molecule has 0 aliphatic carbocycles. The smallest absolute Gasteiger partial charge is 0.306 e. The molecule has 0 saturated carbocycles. The van der Waals surface area contributed by atoms with E-state index in [0.29, 0.717) is 60.5 Å². The van der Waals surface area contributed by atoms with E-state index in [-0.39, 0.29) is 11.5 Å². The van der Waals surface area contributed by atoms with E-state index in [1.807, 2.05) is 0 Å².